The summed E-state index contributed by atoms with van der Waals surface area (Å²) in [5.74, 6) is -3.36. The smallest absolute Gasteiger partial charge is 0.320 e. The predicted octanol–water partition coefficient (Wildman–Crippen LogP) is 0.984. The highest BCUT2D eigenvalue weighted by molar-refractivity contribution is 5.93. The zero-order valence-electron chi connectivity index (χ0n) is 10.1. The van der Waals surface area contributed by atoms with Crippen LogP contribution >= 0.6 is 0 Å². The number of aliphatic carboxylic acids is 1. The Bertz CT molecular complexity index is 273. The molecule has 0 aliphatic rings. The van der Waals surface area contributed by atoms with Crippen LogP contribution in [0.5, 0.6) is 0 Å². The van der Waals surface area contributed by atoms with Crippen LogP contribution in [0.4, 0.5) is 0 Å². The highest BCUT2D eigenvalue weighted by Crippen LogP contribution is 2.01. The van der Waals surface area contributed by atoms with Crippen LogP contribution in [0.25, 0.3) is 0 Å². The monoisotopic (exact) mass is 246 g/mol. The van der Waals surface area contributed by atoms with E-state index in [0.29, 0.717) is 19.4 Å². The molecule has 0 aliphatic carbocycles. The second kappa shape index (κ2) is 8.55. The minimum absolute atomic E-state index is 0.191. The molecule has 0 heterocycles. The zero-order valence-corrected chi connectivity index (χ0v) is 10.1. The van der Waals surface area contributed by atoms with E-state index in [1.807, 2.05) is 0 Å². The first kappa shape index (κ1) is 15.4. The van der Waals surface area contributed by atoms with Gasteiger partial charge in [0.05, 0.1) is 13.2 Å². The van der Waals surface area contributed by atoms with Gasteiger partial charge in [0.1, 0.15) is 0 Å². The van der Waals surface area contributed by atoms with Crippen LogP contribution in [-0.4, -0.2) is 36.2 Å². The molecule has 98 valence electrons. The maximum atomic E-state index is 11.1. The number of hydrogen-bond acceptors (Lipinski definition) is 5. The molecule has 0 spiro atoms. The van der Waals surface area contributed by atoms with Gasteiger partial charge >= 0.3 is 17.9 Å². The summed E-state index contributed by atoms with van der Waals surface area (Å²) in [6, 6.07) is 0. The van der Waals surface area contributed by atoms with Gasteiger partial charge in [0, 0.05) is 6.92 Å². The Hall–Kier alpha value is -1.59. The number of carbonyl (C=O) groups is 3. The number of ether oxygens (including phenoxy) is 2. The first-order valence-corrected chi connectivity index (χ1v) is 5.48. The van der Waals surface area contributed by atoms with Crippen LogP contribution in [0, 0.1) is 5.92 Å². The van der Waals surface area contributed by atoms with Crippen molar-refractivity contribution in [2.24, 2.45) is 5.92 Å². The third-order valence-corrected chi connectivity index (χ3v) is 2.06. The van der Waals surface area contributed by atoms with Gasteiger partial charge in [-0.05, 0) is 26.2 Å². The molecule has 0 saturated heterocycles. The van der Waals surface area contributed by atoms with Crippen LogP contribution < -0.4 is 0 Å². The summed E-state index contributed by atoms with van der Waals surface area (Å²) < 4.78 is 9.48. The van der Waals surface area contributed by atoms with Crippen molar-refractivity contribution in [1.29, 1.82) is 0 Å². The van der Waals surface area contributed by atoms with Crippen LogP contribution in [0.2, 0.25) is 0 Å². The largest absolute Gasteiger partial charge is 0.481 e. The molecule has 1 unspecified atom stereocenters. The van der Waals surface area contributed by atoms with E-state index in [4.69, 9.17) is 14.6 Å². The third kappa shape index (κ3) is 8.24. The van der Waals surface area contributed by atoms with Crippen molar-refractivity contribution in [3.8, 4) is 0 Å². The average molecular weight is 246 g/mol. The standard InChI is InChI=1S/C11H18O6/c1-8(10(13)14)11(15)17-7-5-3-4-6-16-9(2)12/h8H,3-7H2,1-2H3,(H,13,14). The molecule has 0 aromatic heterocycles. The SMILES string of the molecule is CC(=O)OCCCCCOC(=O)C(C)C(=O)O. The van der Waals surface area contributed by atoms with E-state index < -0.39 is 17.9 Å². The second-order valence-corrected chi connectivity index (χ2v) is 3.63. The van der Waals surface area contributed by atoms with Crippen molar-refractivity contribution in [3.63, 3.8) is 0 Å². The molecule has 17 heavy (non-hydrogen) atoms. The van der Waals surface area contributed by atoms with E-state index in [9.17, 15) is 14.4 Å². The van der Waals surface area contributed by atoms with Crippen LogP contribution in [0.3, 0.4) is 0 Å². The van der Waals surface area contributed by atoms with Gasteiger partial charge < -0.3 is 14.6 Å². The Morgan fingerprint density at radius 3 is 2.06 bits per heavy atom. The van der Waals surface area contributed by atoms with Crippen molar-refractivity contribution < 1.29 is 29.0 Å². The van der Waals surface area contributed by atoms with Gasteiger partial charge in [-0.3, -0.25) is 14.4 Å². The maximum absolute atomic E-state index is 11.1. The molecule has 1 atom stereocenters. The van der Waals surface area contributed by atoms with Gasteiger partial charge in [-0.15, -0.1) is 0 Å². The van der Waals surface area contributed by atoms with E-state index in [0.717, 1.165) is 6.42 Å². The number of carboxylic acid groups (broad SMARTS) is 1. The molecular weight excluding hydrogens is 228 g/mol. The van der Waals surface area contributed by atoms with Gasteiger partial charge in [-0.1, -0.05) is 0 Å². The Balaban J connectivity index is 3.43. The average Bonchev–Trinajstić information content (AvgIpc) is 2.25. The van der Waals surface area contributed by atoms with Gasteiger partial charge in [0.15, 0.2) is 5.92 Å². The molecule has 1 N–H and O–H groups in total. The Labute approximate surface area is 99.9 Å². The number of hydrogen-bond donors (Lipinski definition) is 1. The van der Waals surface area contributed by atoms with E-state index in [1.165, 1.54) is 13.8 Å². The van der Waals surface area contributed by atoms with Gasteiger partial charge in [0.2, 0.25) is 0 Å². The lowest BCUT2D eigenvalue weighted by atomic mass is 10.2. The fourth-order valence-corrected chi connectivity index (χ4v) is 0.995. The molecule has 0 saturated carbocycles. The quantitative estimate of drug-likeness (QED) is 0.390. The predicted molar refractivity (Wildman–Crippen MR) is 58.2 cm³/mol. The number of carbonyl (C=O) groups excluding carboxylic acids is 2. The highest BCUT2D eigenvalue weighted by Gasteiger charge is 2.21. The summed E-state index contributed by atoms with van der Waals surface area (Å²) in [6.45, 7) is 3.17. The highest BCUT2D eigenvalue weighted by atomic mass is 16.5. The first-order valence-electron chi connectivity index (χ1n) is 5.48. The fraction of sp³-hybridized carbons (Fsp3) is 0.727. The minimum Gasteiger partial charge on any atom is -0.481 e. The Kier molecular flexibility index (Phi) is 7.75. The lowest BCUT2D eigenvalue weighted by molar-refractivity contribution is -0.157. The van der Waals surface area contributed by atoms with Crippen molar-refractivity contribution in [1.82, 2.24) is 0 Å². The molecule has 0 radical (unpaired) electrons. The fourth-order valence-electron chi connectivity index (χ4n) is 0.995. The summed E-state index contributed by atoms with van der Waals surface area (Å²) in [5.41, 5.74) is 0. The maximum Gasteiger partial charge on any atom is 0.320 e. The van der Waals surface area contributed by atoms with E-state index >= 15 is 0 Å². The zero-order chi connectivity index (χ0) is 13.3. The molecule has 0 aromatic carbocycles. The Morgan fingerprint density at radius 2 is 1.59 bits per heavy atom. The topological polar surface area (TPSA) is 89.9 Å². The second-order valence-electron chi connectivity index (χ2n) is 3.63. The molecule has 0 aromatic rings. The first-order chi connectivity index (χ1) is 7.95. The van der Waals surface area contributed by atoms with E-state index in [1.54, 1.807) is 0 Å². The normalized spacial score (nSPS) is 11.6. The summed E-state index contributed by atoms with van der Waals surface area (Å²) in [7, 11) is 0. The van der Waals surface area contributed by atoms with Gasteiger partial charge in [-0.25, -0.2) is 0 Å². The summed E-state index contributed by atoms with van der Waals surface area (Å²) in [4.78, 5) is 31.9. The Morgan fingerprint density at radius 1 is 1.06 bits per heavy atom. The van der Waals surface area contributed by atoms with Crippen LogP contribution in [0.15, 0.2) is 0 Å². The molecule has 0 amide bonds. The van der Waals surface area contributed by atoms with Gasteiger partial charge in [-0.2, -0.15) is 0 Å². The van der Waals surface area contributed by atoms with Crippen molar-refractivity contribution >= 4 is 17.9 Å². The molecule has 0 bridgehead atoms. The number of esters is 2. The van der Waals surface area contributed by atoms with E-state index in [2.05, 4.69) is 0 Å². The number of unbranched alkanes of at least 4 members (excludes halogenated alkanes) is 2. The lowest BCUT2D eigenvalue weighted by Crippen LogP contribution is -2.23. The molecule has 0 rings (SSSR count). The molecule has 6 nitrogen and oxygen atoms in total. The summed E-state index contributed by atoms with van der Waals surface area (Å²) in [5, 5.41) is 8.53. The molecule has 6 heteroatoms. The minimum atomic E-state index is -1.19. The summed E-state index contributed by atoms with van der Waals surface area (Å²) >= 11 is 0. The number of carboxylic acids is 1. The lowest BCUT2D eigenvalue weighted by Gasteiger charge is -2.07. The molecular formula is C11H18O6. The van der Waals surface area contributed by atoms with Crippen LogP contribution in [-0.2, 0) is 23.9 Å². The molecule has 0 aliphatic heterocycles. The van der Waals surface area contributed by atoms with E-state index in [-0.39, 0.29) is 12.6 Å². The summed E-state index contributed by atoms with van der Waals surface area (Å²) in [6.07, 6.45) is 2.08. The number of rotatable bonds is 8. The third-order valence-electron chi connectivity index (χ3n) is 2.06. The van der Waals surface area contributed by atoms with Crippen molar-refractivity contribution in [2.75, 3.05) is 13.2 Å². The van der Waals surface area contributed by atoms with Gasteiger partial charge in [0.25, 0.3) is 0 Å². The van der Waals surface area contributed by atoms with Crippen molar-refractivity contribution in [2.45, 2.75) is 33.1 Å². The van der Waals surface area contributed by atoms with Crippen molar-refractivity contribution in [3.05, 3.63) is 0 Å². The molecule has 0 fully saturated rings. The van der Waals surface area contributed by atoms with Crippen LogP contribution in [0.1, 0.15) is 33.1 Å².